The Hall–Kier alpha value is -2.50. The fourth-order valence-electron chi connectivity index (χ4n) is 7.50. The molecule has 11 heteroatoms. The fourth-order valence-corrected chi connectivity index (χ4v) is 7.50. The van der Waals surface area contributed by atoms with E-state index < -0.39 is 58.0 Å². The standard InChI is InChI=1S/C24H28N3O7.C9H16.Na/c1-9-6-13(26(2)3)11-7-10-8-12-17(27(4)5)20(30)16(23(25)33)22(32)24(12,34)21(31)14(10)19(29)15(11)18(9)28;1-3-9(4-2)7-5-6-8-9;/h6,10,12,17,28-29,32,34H,1,7-8H2,2-5H3,(H2,25,33);1-8H2;/q-1;-2;+1/t10-,12-,17-,24-;;/m0../s1. The number of aromatic hydroxyl groups is 1. The van der Waals surface area contributed by atoms with Gasteiger partial charge in [0.05, 0.1) is 6.04 Å². The maximum atomic E-state index is 13.8. The number of aliphatic hydroxyl groups excluding tert-OH is 2. The molecule has 44 heavy (non-hydrogen) atoms. The molecule has 2 fully saturated rings. The average molecular weight is 618 g/mol. The third-order valence-corrected chi connectivity index (χ3v) is 9.98. The van der Waals surface area contributed by atoms with Crippen LogP contribution in [0.5, 0.6) is 5.75 Å². The summed E-state index contributed by atoms with van der Waals surface area (Å²) in [5.74, 6) is -6.72. The van der Waals surface area contributed by atoms with Crippen LogP contribution in [0.3, 0.4) is 0 Å². The molecule has 4 aliphatic carbocycles. The molecule has 1 aromatic carbocycles. The van der Waals surface area contributed by atoms with Gasteiger partial charge in [0.2, 0.25) is 5.78 Å². The second-order valence-corrected chi connectivity index (χ2v) is 12.8. The molecular weight excluding hydrogens is 573 g/mol. The number of benzene rings is 1. The summed E-state index contributed by atoms with van der Waals surface area (Å²) in [4.78, 5) is 42.1. The molecule has 0 unspecified atom stereocenters. The quantitative estimate of drug-likeness (QED) is 0.177. The molecule has 0 aliphatic heterocycles. The summed E-state index contributed by atoms with van der Waals surface area (Å²) in [6, 6.07) is 0.565. The number of likely N-dealkylation sites (N-methyl/N-ethyl adjacent to an activating group) is 1. The van der Waals surface area contributed by atoms with Gasteiger partial charge in [0.15, 0.2) is 11.4 Å². The predicted octanol–water partition coefficient (Wildman–Crippen LogP) is 0.211. The van der Waals surface area contributed by atoms with E-state index >= 15 is 0 Å². The number of rotatable bonds is 5. The van der Waals surface area contributed by atoms with Crippen LogP contribution in [0.1, 0.15) is 61.6 Å². The number of phenols is 1. The molecule has 236 valence electrons. The van der Waals surface area contributed by atoms with Crippen LogP contribution in [0.15, 0.2) is 23.0 Å². The Balaban J connectivity index is 0.000000455. The van der Waals surface area contributed by atoms with Crippen LogP contribution >= 0.6 is 0 Å². The number of aliphatic hydroxyl groups is 3. The average Bonchev–Trinajstić information content (AvgIpc) is 3.42. The van der Waals surface area contributed by atoms with E-state index in [1.807, 2.05) is 0 Å². The van der Waals surface area contributed by atoms with Gasteiger partial charge in [-0.1, -0.05) is 31.1 Å². The summed E-state index contributed by atoms with van der Waals surface area (Å²) in [5.41, 5.74) is 3.77. The van der Waals surface area contributed by atoms with E-state index in [2.05, 4.69) is 20.8 Å². The summed E-state index contributed by atoms with van der Waals surface area (Å²) < 4.78 is 0. The Labute approximate surface area is 282 Å². The third kappa shape index (κ3) is 5.57. The zero-order chi connectivity index (χ0) is 32.2. The number of phenolic OH excluding ortho intramolecular Hbond substituents is 1. The SMILES string of the molecule is [CH2-]CC1(C[CH2-])CCCC1.[CH2-]c1cc(N(C)C)c2c(c1O)C(O)=C1C(=O)[C@]3(O)C(O)=C(C(N)=O)C(=O)[C@@H](N(C)C)[C@@H]3C[C@@H]1C2.[Na+]. The van der Waals surface area contributed by atoms with Crippen molar-refractivity contribution in [1.82, 2.24) is 4.90 Å². The summed E-state index contributed by atoms with van der Waals surface area (Å²) in [5, 5.41) is 44.3. The zero-order valence-electron chi connectivity index (χ0n) is 26.6. The number of carbonyl (C=O) groups is 3. The van der Waals surface area contributed by atoms with Gasteiger partial charge in [0.1, 0.15) is 17.1 Å². The van der Waals surface area contributed by atoms with Gasteiger partial charge in [0.25, 0.3) is 5.91 Å². The van der Waals surface area contributed by atoms with E-state index in [1.54, 1.807) is 39.2 Å². The largest absolute Gasteiger partial charge is 1.00 e. The minimum atomic E-state index is -2.65. The maximum Gasteiger partial charge on any atom is 1.00 e. The molecule has 0 aromatic heterocycles. The predicted molar refractivity (Wildman–Crippen MR) is 164 cm³/mol. The summed E-state index contributed by atoms with van der Waals surface area (Å²) in [6.45, 7) is 11.7. The number of ketones is 2. The molecule has 1 aromatic rings. The van der Waals surface area contributed by atoms with Gasteiger partial charge in [-0.15, -0.1) is 6.07 Å². The number of primary amides is 1. The van der Waals surface area contributed by atoms with Crippen LogP contribution in [0.2, 0.25) is 0 Å². The first-order chi connectivity index (χ1) is 20.1. The number of amides is 1. The van der Waals surface area contributed by atoms with Crippen molar-refractivity contribution in [1.29, 1.82) is 0 Å². The smallest absolute Gasteiger partial charge is 0.564 e. The Kier molecular flexibility index (Phi) is 10.7. The van der Waals surface area contributed by atoms with Crippen molar-refractivity contribution in [3.05, 3.63) is 60.4 Å². The molecule has 5 rings (SSSR count). The number of fused-ring (bicyclic) bond motifs is 3. The molecule has 0 radical (unpaired) electrons. The van der Waals surface area contributed by atoms with E-state index in [-0.39, 0.29) is 64.8 Å². The summed E-state index contributed by atoms with van der Waals surface area (Å²) in [6.07, 6.45) is 8.03. The number of anilines is 1. The maximum absolute atomic E-state index is 13.8. The van der Waals surface area contributed by atoms with Crippen molar-refractivity contribution in [2.75, 3.05) is 33.1 Å². The molecule has 0 saturated heterocycles. The van der Waals surface area contributed by atoms with Gasteiger partial charge >= 0.3 is 29.6 Å². The number of nitrogens with two attached hydrogens (primary N) is 1. The second-order valence-electron chi connectivity index (χ2n) is 12.8. The molecule has 1 amide bonds. The first kappa shape index (κ1) is 36.0. The molecule has 0 heterocycles. The van der Waals surface area contributed by atoms with E-state index in [4.69, 9.17) is 5.73 Å². The molecule has 0 bridgehead atoms. The number of carbonyl (C=O) groups excluding carboxylic acids is 3. The van der Waals surface area contributed by atoms with Gasteiger partial charge in [0, 0.05) is 36.9 Å². The molecule has 10 nitrogen and oxygen atoms in total. The minimum Gasteiger partial charge on any atom is -0.564 e. The normalized spacial score (nSPS) is 27.1. The molecule has 4 aliphatic rings. The van der Waals surface area contributed by atoms with Gasteiger partial charge in [-0.25, -0.2) is 0 Å². The van der Waals surface area contributed by atoms with Crippen LogP contribution in [0.4, 0.5) is 5.69 Å². The number of nitrogens with zero attached hydrogens (tertiary/aromatic N) is 2. The van der Waals surface area contributed by atoms with Crippen LogP contribution in [-0.4, -0.2) is 82.6 Å². The Bertz CT molecular complexity index is 1400. The first-order valence-electron chi connectivity index (χ1n) is 14.7. The second kappa shape index (κ2) is 13.1. The van der Waals surface area contributed by atoms with Crippen molar-refractivity contribution < 1.29 is 64.4 Å². The van der Waals surface area contributed by atoms with Crippen LogP contribution < -0.4 is 40.2 Å². The Morgan fingerprint density at radius 2 is 1.64 bits per heavy atom. The van der Waals surface area contributed by atoms with Gasteiger partial charge in [-0.05, 0) is 44.1 Å². The monoisotopic (exact) mass is 617 g/mol. The Morgan fingerprint density at radius 3 is 2.09 bits per heavy atom. The number of hydrogen-bond donors (Lipinski definition) is 5. The van der Waals surface area contributed by atoms with Crippen molar-refractivity contribution in [2.24, 2.45) is 23.0 Å². The molecule has 0 spiro atoms. The Morgan fingerprint density at radius 1 is 1.07 bits per heavy atom. The van der Waals surface area contributed by atoms with E-state index in [1.165, 1.54) is 30.6 Å². The van der Waals surface area contributed by atoms with Crippen LogP contribution in [0.25, 0.3) is 5.76 Å². The summed E-state index contributed by atoms with van der Waals surface area (Å²) in [7, 11) is 6.71. The van der Waals surface area contributed by atoms with Crippen molar-refractivity contribution >= 4 is 28.9 Å². The van der Waals surface area contributed by atoms with Crippen molar-refractivity contribution in [3.8, 4) is 5.75 Å². The first-order valence-corrected chi connectivity index (χ1v) is 14.7. The minimum absolute atomic E-state index is 0. The molecular formula is C33H44N3NaO7-2. The van der Waals surface area contributed by atoms with Gasteiger partial charge in [-0.2, -0.15) is 25.3 Å². The number of hydrogen-bond acceptors (Lipinski definition) is 9. The van der Waals surface area contributed by atoms with Crippen LogP contribution in [-0.2, 0) is 20.8 Å². The zero-order valence-corrected chi connectivity index (χ0v) is 28.6. The van der Waals surface area contributed by atoms with Crippen molar-refractivity contribution in [2.45, 2.75) is 63.0 Å². The van der Waals surface area contributed by atoms with Gasteiger partial charge in [-0.3, -0.25) is 19.3 Å². The van der Waals surface area contributed by atoms with E-state index in [0.29, 0.717) is 16.7 Å². The third-order valence-electron chi connectivity index (χ3n) is 9.98. The van der Waals surface area contributed by atoms with Crippen molar-refractivity contribution in [3.63, 3.8) is 0 Å². The van der Waals surface area contributed by atoms with E-state index in [9.17, 15) is 34.8 Å². The molecule has 6 N–H and O–H groups in total. The van der Waals surface area contributed by atoms with Gasteiger partial charge < -0.3 is 44.9 Å². The van der Waals surface area contributed by atoms with E-state index in [0.717, 1.165) is 12.8 Å². The fraction of sp³-hybridized carbons (Fsp3) is 0.515. The number of Topliss-reactive ketones (excluding diaryl/α,β-unsaturated/α-hetero) is 2. The molecule has 2 saturated carbocycles. The topological polar surface area (TPSA) is 165 Å². The summed E-state index contributed by atoms with van der Waals surface area (Å²) >= 11 is 0. The van der Waals surface area contributed by atoms with Crippen LogP contribution in [0, 0.1) is 38.0 Å². The molecule has 4 atom stereocenters.